The van der Waals surface area contributed by atoms with Crippen LogP contribution in [-0.2, 0) is 31.1 Å². The van der Waals surface area contributed by atoms with Gasteiger partial charge in [0.05, 0.1) is 12.7 Å². The van der Waals surface area contributed by atoms with Crippen molar-refractivity contribution in [2.45, 2.75) is 25.8 Å². The normalized spacial score (nSPS) is 19.0. The minimum absolute atomic E-state index is 0.0303. The van der Waals surface area contributed by atoms with Crippen LogP contribution in [0.1, 0.15) is 23.7 Å². The zero-order valence-corrected chi connectivity index (χ0v) is 17.7. The van der Waals surface area contributed by atoms with Crippen LogP contribution in [0.25, 0.3) is 0 Å². The topological polar surface area (TPSA) is 141 Å². The van der Waals surface area contributed by atoms with Crippen LogP contribution in [0, 0.1) is 6.92 Å². The summed E-state index contributed by atoms with van der Waals surface area (Å²) in [6, 6.07) is 7.95. The highest BCUT2D eigenvalue weighted by Crippen LogP contribution is 2.54. The molecular formula is C22H21N3O7. The number of para-hydroxylation sites is 1. The van der Waals surface area contributed by atoms with E-state index in [4.69, 9.17) is 15.2 Å². The van der Waals surface area contributed by atoms with Crippen molar-refractivity contribution in [3.63, 3.8) is 0 Å². The van der Waals surface area contributed by atoms with Crippen molar-refractivity contribution in [2.75, 3.05) is 18.6 Å². The zero-order valence-electron chi connectivity index (χ0n) is 17.7. The first-order valence-electron chi connectivity index (χ1n) is 9.84. The number of carbonyl (C=O) groups excluding carboxylic acids is 2. The van der Waals surface area contributed by atoms with Crippen molar-refractivity contribution >= 4 is 23.5 Å². The molecule has 2 aliphatic heterocycles. The first-order chi connectivity index (χ1) is 15.2. The van der Waals surface area contributed by atoms with Gasteiger partial charge in [-0.3, -0.25) is 19.3 Å². The van der Waals surface area contributed by atoms with Crippen molar-refractivity contribution in [1.82, 2.24) is 4.57 Å². The van der Waals surface area contributed by atoms with E-state index in [1.54, 1.807) is 44.2 Å². The first-order valence-corrected chi connectivity index (χ1v) is 9.84. The number of nitrogens with zero attached hydrogens (tertiary/aromatic N) is 2. The molecule has 166 valence electrons. The monoisotopic (exact) mass is 439 g/mol. The number of aryl methyl sites for hydroxylation is 1. The number of amides is 1. The fourth-order valence-corrected chi connectivity index (χ4v) is 4.62. The Labute approximate surface area is 182 Å². The molecule has 0 fully saturated rings. The van der Waals surface area contributed by atoms with Crippen LogP contribution < -0.4 is 20.9 Å². The summed E-state index contributed by atoms with van der Waals surface area (Å²) in [6.45, 7) is 3.10. The standard InChI is InChI=1S/C22H21N3O7/c1-4-24-11(2)9-14-16(19(24)28)22(17(18(23)32-14)20(29)31-3)12-7-5-6-8-13(12)25(21(22)30)10-15(26)27/h5-9H,4,10,23H2,1-3H3,(H,26,27)/t22-/m1/s1. The molecule has 0 saturated carbocycles. The average Bonchev–Trinajstić information content (AvgIpc) is 2.96. The SMILES string of the molecule is CCn1c(C)cc2c(c1=O)[C@@]1(C(=O)N(CC(=O)O)c3ccccc31)C(C(=O)OC)=C(N)O2. The van der Waals surface area contributed by atoms with E-state index in [2.05, 4.69) is 0 Å². The molecule has 1 atom stereocenters. The van der Waals surface area contributed by atoms with Gasteiger partial charge in [0.2, 0.25) is 11.8 Å². The number of benzene rings is 1. The maximum Gasteiger partial charge on any atom is 0.340 e. The van der Waals surface area contributed by atoms with E-state index in [-0.39, 0.29) is 28.1 Å². The molecule has 0 bridgehead atoms. The molecule has 1 aromatic heterocycles. The number of aliphatic carboxylic acids is 1. The highest BCUT2D eigenvalue weighted by atomic mass is 16.5. The van der Waals surface area contributed by atoms with Crippen molar-refractivity contribution in [3.05, 3.63) is 69.0 Å². The number of anilines is 1. The molecule has 10 nitrogen and oxygen atoms in total. The molecule has 3 N–H and O–H groups in total. The summed E-state index contributed by atoms with van der Waals surface area (Å²) >= 11 is 0. The van der Waals surface area contributed by atoms with E-state index in [1.165, 1.54) is 4.57 Å². The lowest BCUT2D eigenvalue weighted by molar-refractivity contribution is -0.138. The van der Waals surface area contributed by atoms with Gasteiger partial charge in [-0.15, -0.1) is 0 Å². The Balaban J connectivity index is 2.21. The lowest BCUT2D eigenvalue weighted by Crippen LogP contribution is -2.52. The molecular weight excluding hydrogens is 418 g/mol. The van der Waals surface area contributed by atoms with Crippen molar-refractivity contribution < 1.29 is 29.0 Å². The molecule has 1 spiro atoms. The van der Waals surface area contributed by atoms with E-state index in [1.807, 2.05) is 0 Å². The van der Waals surface area contributed by atoms with Crippen LogP contribution in [0.15, 0.2) is 46.6 Å². The van der Waals surface area contributed by atoms with Crippen LogP contribution in [0.5, 0.6) is 5.75 Å². The summed E-state index contributed by atoms with van der Waals surface area (Å²) in [5, 5.41) is 9.43. The van der Waals surface area contributed by atoms with Gasteiger partial charge < -0.3 is 24.9 Å². The molecule has 32 heavy (non-hydrogen) atoms. The van der Waals surface area contributed by atoms with Crippen LogP contribution >= 0.6 is 0 Å². The number of hydrogen-bond acceptors (Lipinski definition) is 7. The number of methoxy groups -OCH3 is 1. The largest absolute Gasteiger partial charge is 0.480 e. The summed E-state index contributed by atoms with van der Waals surface area (Å²) in [5.41, 5.74) is 4.17. The Kier molecular flexibility index (Phi) is 4.80. The number of pyridine rings is 1. The van der Waals surface area contributed by atoms with Crippen LogP contribution in [0.4, 0.5) is 5.69 Å². The molecule has 1 aromatic carbocycles. The summed E-state index contributed by atoms with van der Waals surface area (Å²) in [7, 11) is 1.12. The Morgan fingerprint density at radius 3 is 2.56 bits per heavy atom. The summed E-state index contributed by atoms with van der Waals surface area (Å²) < 4.78 is 12.0. The number of fused-ring (bicyclic) bond motifs is 4. The van der Waals surface area contributed by atoms with Crippen LogP contribution in [-0.4, -0.2) is 41.2 Å². The maximum absolute atomic E-state index is 14.0. The number of rotatable bonds is 4. The number of aromatic nitrogens is 1. The van der Waals surface area contributed by atoms with E-state index < -0.39 is 41.2 Å². The summed E-state index contributed by atoms with van der Waals surface area (Å²) in [6.07, 6.45) is 0. The first kappa shape index (κ1) is 21.2. The smallest absolute Gasteiger partial charge is 0.340 e. The van der Waals surface area contributed by atoms with E-state index >= 15 is 0 Å². The van der Waals surface area contributed by atoms with Gasteiger partial charge in [-0.25, -0.2) is 4.79 Å². The fourth-order valence-electron chi connectivity index (χ4n) is 4.62. The van der Waals surface area contributed by atoms with Crippen molar-refractivity contribution in [2.24, 2.45) is 5.73 Å². The van der Waals surface area contributed by atoms with Gasteiger partial charge >= 0.3 is 11.9 Å². The number of nitrogens with two attached hydrogens (primary N) is 1. The summed E-state index contributed by atoms with van der Waals surface area (Å²) in [5.74, 6) is -3.38. The van der Waals surface area contributed by atoms with Gasteiger partial charge in [-0.05, 0) is 19.9 Å². The molecule has 10 heteroatoms. The molecule has 0 radical (unpaired) electrons. The third kappa shape index (κ3) is 2.58. The van der Waals surface area contributed by atoms with E-state index in [0.29, 0.717) is 12.2 Å². The number of carbonyl (C=O) groups is 3. The predicted molar refractivity (Wildman–Crippen MR) is 112 cm³/mol. The second-order valence-corrected chi connectivity index (χ2v) is 7.46. The molecule has 3 heterocycles. The molecule has 0 saturated heterocycles. The Bertz CT molecular complexity index is 1280. The fraction of sp³-hybridized carbons (Fsp3) is 0.273. The maximum atomic E-state index is 14.0. The molecule has 1 amide bonds. The van der Waals surface area contributed by atoms with Crippen molar-refractivity contribution in [3.8, 4) is 5.75 Å². The summed E-state index contributed by atoms with van der Waals surface area (Å²) in [4.78, 5) is 53.2. The third-order valence-corrected chi connectivity index (χ3v) is 5.85. The van der Waals surface area contributed by atoms with Gasteiger partial charge in [0, 0.05) is 29.6 Å². The Hall–Kier alpha value is -4.08. The molecule has 4 rings (SSSR count). The quantitative estimate of drug-likeness (QED) is 0.661. The Morgan fingerprint density at radius 1 is 1.25 bits per heavy atom. The van der Waals surface area contributed by atoms with Crippen molar-refractivity contribution in [1.29, 1.82) is 0 Å². The van der Waals surface area contributed by atoms with Gasteiger partial charge in [0.25, 0.3) is 5.56 Å². The number of ether oxygens (including phenoxy) is 2. The second kappa shape index (κ2) is 7.26. The van der Waals surface area contributed by atoms with E-state index in [9.17, 15) is 24.3 Å². The minimum Gasteiger partial charge on any atom is -0.480 e. The Morgan fingerprint density at radius 2 is 1.94 bits per heavy atom. The van der Waals surface area contributed by atoms with Gasteiger partial charge in [-0.2, -0.15) is 0 Å². The van der Waals surface area contributed by atoms with Crippen LogP contribution in [0.2, 0.25) is 0 Å². The number of carboxylic acids is 1. The van der Waals surface area contributed by atoms with E-state index in [0.717, 1.165) is 12.0 Å². The minimum atomic E-state index is -2.02. The highest BCUT2D eigenvalue weighted by Gasteiger charge is 2.62. The lowest BCUT2D eigenvalue weighted by Gasteiger charge is -2.35. The number of carboxylic acid groups (broad SMARTS) is 1. The second-order valence-electron chi connectivity index (χ2n) is 7.46. The molecule has 2 aliphatic rings. The number of esters is 1. The third-order valence-electron chi connectivity index (χ3n) is 5.85. The molecule has 0 unspecified atom stereocenters. The molecule has 2 aromatic rings. The predicted octanol–water partition coefficient (Wildman–Crippen LogP) is 0.630. The highest BCUT2D eigenvalue weighted by molar-refractivity contribution is 6.19. The lowest BCUT2D eigenvalue weighted by atomic mass is 9.68. The van der Waals surface area contributed by atoms with Gasteiger partial charge in [-0.1, -0.05) is 18.2 Å². The van der Waals surface area contributed by atoms with Gasteiger partial charge in [0.15, 0.2) is 0 Å². The van der Waals surface area contributed by atoms with Crippen LogP contribution in [0.3, 0.4) is 0 Å². The molecule has 0 aliphatic carbocycles. The average molecular weight is 439 g/mol. The number of hydrogen-bond donors (Lipinski definition) is 2. The van der Waals surface area contributed by atoms with Gasteiger partial charge in [0.1, 0.15) is 23.3 Å². The zero-order chi connectivity index (χ0) is 23.4.